The molecule has 1 saturated heterocycles. The molecule has 180 valence electrons. The molecule has 2 aliphatic rings. The van der Waals surface area contributed by atoms with Gasteiger partial charge in [0.25, 0.3) is 5.91 Å². The smallest absolute Gasteiger partial charge is 0.257 e. The van der Waals surface area contributed by atoms with Gasteiger partial charge >= 0.3 is 0 Å². The summed E-state index contributed by atoms with van der Waals surface area (Å²) >= 11 is 0. The summed E-state index contributed by atoms with van der Waals surface area (Å²) in [6.45, 7) is 2.53. The minimum Gasteiger partial charge on any atom is -0.490 e. The second-order valence-electron chi connectivity index (χ2n) is 8.75. The molecule has 0 saturated carbocycles. The van der Waals surface area contributed by atoms with Crippen molar-refractivity contribution in [2.75, 3.05) is 19.0 Å². The molecule has 0 bridgehead atoms. The maximum Gasteiger partial charge on any atom is 0.257 e. The van der Waals surface area contributed by atoms with Crippen molar-refractivity contribution in [3.63, 3.8) is 0 Å². The number of anilines is 1. The number of hydrogen-bond acceptors (Lipinski definition) is 5. The number of amides is 3. The molecule has 2 aliphatic heterocycles. The zero-order valence-corrected chi connectivity index (χ0v) is 19.6. The lowest BCUT2D eigenvalue weighted by Gasteiger charge is -2.42. The van der Waals surface area contributed by atoms with Crippen LogP contribution in [0.3, 0.4) is 0 Å². The molecule has 2 N–H and O–H groups in total. The molecule has 0 unspecified atom stereocenters. The van der Waals surface area contributed by atoms with Crippen LogP contribution in [0.4, 0.5) is 5.69 Å². The fourth-order valence-corrected chi connectivity index (χ4v) is 4.43. The third-order valence-electron chi connectivity index (χ3n) is 6.36. The van der Waals surface area contributed by atoms with Gasteiger partial charge in [-0.25, -0.2) is 0 Å². The maximum atomic E-state index is 13.2. The van der Waals surface area contributed by atoms with Crippen molar-refractivity contribution in [3.05, 3.63) is 59.7 Å². The summed E-state index contributed by atoms with van der Waals surface area (Å²) in [7, 11) is 1.77. The van der Waals surface area contributed by atoms with E-state index in [2.05, 4.69) is 10.6 Å². The Hall–Kier alpha value is -3.39. The molecule has 0 aromatic heterocycles. The van der Waals surface area contributed by atoms with Crippen LogP contribution in [0, 0.1) is 0 Å². The van der Waals surface area contributed by atoms with E-state index < -0.39 is 0 Å². The molecule has 0 radical (unpaired) electrons. The Labute approximate surface area is 199 Å². The fourth-order valence-electron chi connectivity index (χ4n) is 4.43. The van der Waals surface area contributed by atoms with Gasteiger partial charge in [0.15, 0.2) is 0 Å². The number of nitrogens with one attached hydrogen (secondary N) is 2. The third-order valence-corrected chi connectivity index (χ3v) is 6.36. The second-order valence-corrected chi connectivity index (χ2v) is 8.75. The van der Waals surface area contributed by atoms with Gasteiger partial charge in [0.2, 0.25) is 11.8 Å². The number of carbonyl (C=O) groups is 3. The molecule has 2 aromatic rings. The first kappa shape index (κ1) is 23.8. The number of nitrogens with zero attached hydrogens (tertiary/aromatic N) is 1. The molecule has 4 rings (SSSR count). The van der Waals surface area contributed by atoms with Crippen molar-refractivity contribution in [2.24, 2.45) is 0 Å². The summed E-state index contributed by atoms with van der Waals surface area (Å²) in [6.07, 6.45) is 1.46. The standard InChI is InChI=1S/C26H31N3O5/c1-3-24(30)28-18-9-12-22-20(13-18)26(32)29(2)21-11-10-19(34-23(21)16-33-22)14-25(31)27-15-17-7-5-4-6-8-17/h4-9,12-13,19,21,23H,3,10-11,14-16H2,1-2H3,(H,27,31)(H,28,30)/t19-,21-,23-/m0/s1. The minimum absolute atomic E-state index is 0.0597. The van der Waals surface area contributed by atoms with Gasteiger partial charge in [0.05, 0.1) is 24.1 Å². The van der Waals surface area contributed by atoms with Crippen LogP contribution in [-0.2, 0) is 20.9 Å². The summed E-state index contributed by atoms with van der Waals surface area (Å²) in [5, 5.41) is 5.73. The van der Waals surface area contributed by atoms with Gasteiger partial charge in [-0.2, -0.15) is 0 Å². The first-order valence-corrected chi connectivity index (χ1v) is 11.7. The zero-order valence-electron chi connectivity index (χ0n) is 19.6. The van der Waals surface area contributed by atoms with E-state index in [-0.39, 0.29) is 49.0 Å². The van der Waals surface area contributed by atoms with Crippen molar-refractivity contribution < 1.29 is 23.9 Å². The van der Waals surface area contributed by atoms with E-state index in [4.69, 9.17) is 9.47 Å². The van der Waals surface area contributed by atoms with Crippen LogP contribution in [0.2, 0.25) is 0 Å². The van der Waals surface area contributed by atoms with Gasteiger partial charge in [0, 0.05) is 25.7 Å². The van der Waals surface area contributed by atoms with E-state index in [1.807, 2.05) is 30.3 Å². The van der Waals surface area contributed by atoms with Crippen LogP contribution >= 0.6 is 0 Å². The van der Waals surface area contributed by atoms with Crippen LogP contribution < -0.4 is 15.4 Å². The average molecular weight is 466 g/mol. The molecule has 0 spiro atoms. The zero-order chi connectivity index (χ0) is 24.1. The summed E-state index contributed by atoms with van der Waals surface area (Å²) in [5.41, 5.74) is 2.02. The highest BCUT2D eigenvalue weighted by molar-refractivity contribution is 5.99. The van der Waals surface area contributed by atoms with Crippen LogP contribution in [0.1, 0.15) is 48.5 Å². The maximum absolute atomic E-state index is 13.2. The predicted molar refractivity (Wildman–Crippen MR) is 128 cm³/mol. The van der Waals surface area contributed by atoms with Crippen LogP contribution in [-0.4, -0.2) is 54.5 Å². The Morgan fingerprint density at radius 3 is 2.65 bits per heavy atom. The molecule has 2 aromatic carbocycles. The number of ether oxygens (including phenoxy) is 2. The summed E-state index contributed by atoms with van der Waals surface area (Å²) in [4.78, 5) is 39.1. The molecule has 0 aliphatic carbocycles. The second kappa shape index (κ2) is 10.7. The average Bonchev–Trinajstić information content (AvgIpc) is 2.86. The molecule has 34 heavy (non-hydrogen) atoms. The highest BCUT2D eigenvalue weighted by Gasteiger charge is 2.39. The number of likely N-dealkylation sites (N-methyl/N-ethyl adjacent to an activating group) is 1. The first-order chi connectivity index (χ1) is 16.4. The topological polar surface area (TPSA) is 97.0 Å². The number of benzene rings is 2. The lowest BCUT2D eigenvalue weighted by Crippen LogP contribution is -2.53. The number of fused-ring (bicyclic) bond motifs is 2. The third kappa shape index (κ3) is 5.56. The minimum atomic E-state index is -0.331. The Balaban J connectivity index is 1.39. The number of carbonyl (C=O) groups excluding carboxylic acids is 3. The van der Waals surface area contributed by atoms with Crippen molar-refractivity contribution >= 4 is 23.4 Å². The van der Waals surface area contributed by atoms with E-state index in [1.165, 1.54) is 0 Å². The normalized spacial score (nSPS) is 21.9. The summed E-state index contributed by atoms with van der Waals surface area (Å²) < 4.78 is 12.2. The van der Waals surface area contributed by atoms with Gasteiger partial charge in [-0.05, 0) is 36.6 Å². The highest BCUT2D eigenvalue weighted by Crippen LogP contribution is 2.32. The van der Waals surface area contributed by atoms with Gasteiger partial charge in [0.1, 0.15) is 18.5 Å². The van der Waals surface area contributed by atoms with E-state index in [0.717, 1.165) is 5.56 Å². The molecule has 1 fully saturated rings. The quantitative estimate of drug-likeness (QED) is 0.683. The largest absolute Gasteiger partial charge is 0.490 e. The Bertz CT molecular complexity index is 1040. The molecule has 3 amide bonds. The summed E-state index contributed by atoms with van der Waals surface area (Å²) in [5.74, 6) is 0.0960. The van der Waals surface area contributed by atoms with Crippen LogP contribution in [0.5, 0.6) is 5.75 Å². The monoisotopic (exact) mass is 465 g/mol. The molecular formula is C26H31N3O5. The van der Waals surface area contributed by atoms with Gasteiger partial charge in [-0.1, -0.05) is 37.3 Å². The molecule has 3 atom stereocenters. The lowest BCUT2D eigenvalue weighted by atomic mass is 9.94. The van der Waals surface area contributed by atoms with Gasteiger partial charge in [-0.3, -0.25) is 14.4 Å². The summed E-state index contributed by atoms with van der Waals surface area (Å²) in [6, 6.07) is 14.7. The van der Waals surface area contributed by atoms with Gasteiger partial charge < -0.3 is 25.0 Å². The molecule has 8 nitrogen and oxygen atoms in total. The van der Waals surface area contributed by atoms with E-state index in [9.17, 15) is 14.4 Å². The van der Waals surface area contributed by atoms with Gasteiger partial charge in [-0.15, -0.1) is 0 Å². The van der Waals surface area contributed by atoms with Crippen molar-refractivity contribution in [1.82, 2.24) is 10.2 Å². The first-order valence-electron chi connectivity index (χ1n) is 11.7. The van der Waals surface area contributed by atoms with Crippen molar-refractivity contribution in [3.8, 4) is 5.75 Å². The van der Waals surface area contributed by atoms with E-state index in [1.54, 1.807) is 37.1 Å². The molecule has 8 heteroatoms. The highest BCUT2D eigenvalue weighted by atomic mass is 16.5. The Morgan fingerprint density at radius 1 is 1.09 bits per heavy atom. The SMILES string of the molecule is CCC(=O)Nc1ccc2c(c1)C(=O)N(C)[C@H]1CC[C@@H](CC(=O)NCc3ccccc3)O[C@H]1CO2. The van der Waals surface area contributed by atoms with Crippen molar-refractivity contribution in [1.29, 1.82) is 0 Å². The predicted octanol–water partition coefficient (Wildman–Crippen LogP) is 3.12. The Kier molecular flexibility index (Phi) is 7.47. The van der Waals surface area contributed by atoms with Crippen molar-refractivity contribution in [2.45, 2.75) is 57.4 Å². The van der Waals surface area contributed by atoms with Crippen LogP contribution in [0.25, 0.3) is 0 Å². The molecular weight excluding hydrogens is 434 g/mol. The van der Waals surface area contributed by atoms with E-state index >= 15 is 0 Å². The number of hydrogen-bond donors (Lipinski definition) is 2. The molecule has 2 heterocycles. The lowest BCUT2D eigenvalue weighted by molar-refractivity contribution is -0.134. The van der Waals surface area contributed by atoms with Crippen LogP contribution in [0.15, 0.2) is 48.5 Å². The fraction of sp³-hybridized carbons (Fsp3) is 0.423. The number of rotatable bonds is 6. The van der Waals surface area contributed by atoms with E-state index in [0.29, 0.717) is 42.8 Å². The Morgan fingerprint density at radius 2 is 1.88 bits per heavy atom.